The SMILES string of the molecule is O=C(Nc1ccnc(C(F)F)c1F)N1CCc2nn3c(c2C1)C(F)(F)CCCC3. The lowest BCUT2D eigenvalue weighted by molar-refractivity contribution is -0.0203. The number of pyridine rings is 1. The summed E-state index contributed by atoms with van der Waals surface area (Å²) in [6.45, 7) is 0.471. The molecule has 2 aliphatic heterocycles. The number of nitrogens with zero attached hydrogens (tertiary/aromatic N) is 4. The van der Waals surface area contributed by atoms with E-state index in [2.05, 4.69) is 15.4 Å². The molecule has 29 heavy (non-hydrogen) atoms. The van der Waals surface area contributed by atoms with Gasteiger partial charge in [-0.15, -0.1) is 0 Å². The van der Waals surface area contributed by atoms with Gasteiger partial charge in [0.2, 0.25) is 0 Å². The molecule has 1 N–H and O–H groups in total. The number of aryl methyl sites for hydroxylation is 1. The van der Waals surface area contributed by atoms with Crippen LogP contribution in [0.1, 0.15) is 48.3 Å². The van der Waals surface area contributed by atoms with Gasteiger partial charge in [-0.3, -0.25) is 9.67 Å². The molecule has 0 radical (unpaired) electrons. The lowest BCUT2D eigenvalue weighted by atomic mass is 10.00. The van der Waals surface area contributed by atoms with E-state index in [9.17, 15) is 26.7 Å². The Bertz CT molecular complexity index is 945. The molecule has 156 valence electrons. The van der Waals surface area contributed by atoms with E-state index in [1.165, 1.54) is 9.58 Å². The highest BCUT2D eigenvalue weighted by Crippen LogP contribution is 2.40. The molecule has 6 nitrogen and oxygen atoms in total. The van der Waals surface area contributed by atoms with Crippen LogP contribution in [0.2, 0.25) is 0 Å². The minimum Gasteiger partial charge on any atom is -0.320 e. The van der Waals surface area contributed by atoms with Gasteiger partial charge in [0.15, 0.2) is 5.82 Å². The van der Waals surface area contributed by atoms with Gasteiger partial charge >= 0.3 is 6.03 Å². The molecule has 0 spiro atoms. The van der Waals surface area contributed by atoms with Crippen molar-refractivity contribution in [3.8, 4) is 0 Å². The third-order valence-corrected chi connectivity index (χ3v) is 5.21. The van der Waals surface area contributed by atoms with Crippen LogP contribution in [0, 0.1) is 5.82 Å². The standard InChI is InChI=1S/C18H18F5N5O/c19-13-12(3-6-24-14(13)16(20)21)25-17(29)27-8-4-11-10(9-27)15-18(22,23)5-1-2-7-28(15)26-11/h3,6,16H,1-2,4-5,7-9H2,(H,24,25,29). The van der Waals surface area contributed by atoms with Crippen LogP contribution in [-0.4, -0.2) is 32.2 Å². The van der Waals surface area contributed by atoms with Crippen LogP contribution in [0.4, 0.5) is 32.4 Å². The quantitative estimate of drug-likeness (QED) is 0.747. The smallest absolute Gasteiger partial charge is 0.320 e. The van der Waals surface area contributed by atoms with Crippen LogP contribution in [0.15, 0.2) is 12.3 Å². The fourth-order valence-corrected chi connectivity index (χ4v) is 3.80. The van der Waals surface area contributed by atoms with Crippen molar-refractivity contribution in [1.82, 2.24) is 19.7 Å². The summed E-state index contributed by atoms with van der Waals surface area (Å²) in [7, 11) is 0. The molecule has 4 rings (SSSR count). The van der Waals surface area contributed by atoms with Crippen molar-refractivity contribution in [3.63, 3.8) is 0 Å². The molecule has 0 aromatic carbocycles. The maximum absolute atomic E-state index is 14.6. The van der Waals surface area contributed by atoms with Gasteiger partial charge in [-0.05, 0) is 18.9 Å². The fourth-order valence-electron chi connectivity index (χ4n) is 3.80. The van der Waals surface area contributed by atoms with Crippen molar-refractivity contribution in [1.29, 1.82) is 0 Å². The van der Waals surface area contributed by atoms with Gasteiger partial charge in [0, 0.05) is 37.7 Å². The van der Waals surface area contributed by atoms with Gasteiger partial charge in [-0.2, -0.15) is 13.9 Å². The molecular formula is C18H18F5N5O. The molecular weight excluding hydrogens is 397 g/mol. The van der Waals surface area contributed by atoms with Crippen molar-refractivity contribution in [2.75, 3.05) is 11.9 Å². The van der Waals surface area contributed by atoms with Gasteiger partial charge < -0.3 is 10.2 Å². The number of carbonyl (C=O) groups is 1. The van der Waals surface area contributed by atoms with E-state index in [1.807, 2.05) is 0 Å². The summed E-state index contributed by atoms with van der Waals surface area (Å²) >= 11 is 0. The Morgan fingerprint density at radius 1 is 1.24 bits per heavy atom. The summed E-state index contributed by atoms with van der Waals surface area (Å²) in [6.07, 6.45) is -1.19. The predicted octanol–water partition coefficient (Wildman–Crippen LogP) is 4.22. The van der Waals surface area contributed by atoms with E-state index in [0.29, 0.717) is 30.6 Å². The zero-order chi connectivity index (χ0) is 20.8. The molecule has 0 unspecified atom stereocenters. The highest BCUT2D eigenvalue weighted by Gasteiger charge is 2.42. The second kappa shape index (κ2) is 7.27. The van der Waals surface area contributed by atoms with Gasteiger partial charge in [-0.1, -0.05) is 0 Å². The third-order valence-electron chi connectivity index (χ3n) is 5.21. The minimum atomic E-state index is -3.13. The zero-order valence-corrected chi connectivity index (χ0v) is 15.3. The van der Waals surface area contributed by atoms with Crippen LogP contribution in [-0.2, 0) is 25.4 Å². The largest absolute Gasteiger partial charge is 0.322 e. The average molecular weight is 415 g/mol. The Morgan fingerprint density at radius 2 is 2.03 bits per heavy atom. The summed E-state index contributed by atoms with van der Waals surface area (Å²) < 4.78 is 70.3. The fraction of sp³-hybridized carbons (Fsp3) is 0.500. The molecule has 2 aliphatic rings. The van der Waals surface area contributed by atoms with Crippen molar-refractivity contribution in [2.24, 2.45) is 0 Å². The summed E-state index contributed by atoms with van der Waals surface area (Å²) in [5.41, 5.74) is -0.837. The summed E-state index contributed by atoms with van der Waals surface area (Å²) in [5, 5.41) is 6.53. The van der Waals surface area contributed by atoms with E-state index in [0.717, 1.165) is 12.3 Å². The lowest BCUT2D eigenvalue weighted by Crippen LogP contribution is -2.39. The summed E-state index contributed by atoms with van der Waals surface area (Å²) in [5.74, 6) is -4.36. The molecule has 0 saturated carbocycles. The number of fused-ring (bicyclic) bond motifs is 3. The number of halogens is 5. The monoisotopic (exact) mass is 415 g/mol. The van der Waals surface area contributed by atoms with Crippen LogP contribution in [0.25, 0.3) is 0 Å². The van der Waals surface area contributed by atoms with E-state index in [4.69, 9.17) is 0 Å². The lowest BCUT2D eigenvalue weighted by Gasteiger charge is -2.28. The molecule has 2 aromatic rings. The minimum absolute atomic E-state index is 0.111. The molecule has 0 saturated heterocycles. The van der Waals surface area contributed by atoms with Gasteiger partial charge in [-0.25, -0.2) is 18.0 Å². The summed E-state index contributed by atoms with van der Waals surface area (Å²) in [4.78, 5) is 17.1. The molecule has 0 bridgehead atoms. The topological polar surface area (TPSA) is 63.1 Å². The van der Waals surface area contributed by atoms with Crippen LogP contribution in [0.5, 0.6) is 0 Å². The van der Waals surface area contributed by atoms with E-state index in [1.54, 1.807) is 0 Å². The second-order valence-electron chi connectivity index (χ2n) is 7.12. The molecule has 0 atom stereocenters. The van der Waals surface area contributed by atoms with Gasteiger partial charge in [0.1, 0.15) is 11.4 Å². The number of urea groups is 1. The number of hydrogen-bond donors (Lipinski definition) is 1. The number of hydrogen-bond acceptors (Lipinski definition) is 3. The normalized spacial score (nSPS) is 18.2. The molecule has 0 aliphatic carbocycles. The van der Waals surface area contributed by atoms with Crippen LogP contribution in [0.3, 0.4) is 0 Å². The molecule has 4 heterocycles. The first kappa shape index (κ1) is 19.6. The van der Waals surface area contributed by atoms with Crippen LogP contribution < -0.4 is 5.32 Å². The molecule has 2 aromatic heterocycles. The van der Waals surface area contributed by atoms with Gasteiger partial charge in [0.05, 0.1) is 17.9 Å². The molecule has 2 amide bonds. The number of anilines is 1. The highest BCUT2D eigenvalue weighted by molar-refractivity contribution is 5.89. The highest BCUT2D eigenvalue weighted by atomic mass is 19.3. The first-order valence-electron chi connectivity index (χ1n) is 9.23. The van der Waals surface area contributed by atoms with Crippen molar-refractivity contribution < 1.29 is 26.7 Å². The second-order valence-corrected chi connectivity index (χ2v) is 7.12. The molecule has 0 fully saturated rings. The zero-order valence-electron chi connectivity index (χ0n) is 15.3. The Morgan fingerprint density at radius 3 is 2.79 bits per heavy atom. The Kier molecular flexibility index (Phi) is 4.91. The Hall–Kier alpha value is -2.72. The number of nitrogens with one attached hydrogen (secondary N) is 1. The number of amides is 2. The first-order valence-corrected chi connectivity index (χ1v) is 9.23. The van der Waals surface area contributed by atoms with Crippen LogP contribution >= 0.6 is 0 Å². The Labute approximate surface area is 162 Å². The summed E-state index contributed by atoms with van der Waals surface area (Å²) in [6, 6.07) is 0.298. The third kappa shape index (κ3) is 3.53. The van der Waals surface area contributed by atoms with E-state index in [-0.39, 0.29) is 31.6 Å². The van der Waals surface area contributed by atoms with Gasteiger partial charge in [0.25, 0.3) is 12.3 Å². The van der Waals surface area contributed by atoms with Crippen molar-refractivity contribution in [2.45, 2.75) is 51.1 Å². The number of aromatic nitrogens is 3. The van der Waals surface area contributed by atoms with Crippen molar-refractivity contribution in [3.05, 3.63) is 40.7 Å². The van der Waals surface area contributed by atoms with E-state index >= 15 is 0 Å². The molecule has 11 heteroatoms. The first-order chi connectivity index (χ1) is 13.8. The number of carbonyl (C=O) groups excluding carboxylic acids is 1. The maximum atomic E-state index is 14.6. The van der Waals surface area contributed by atoms with Crippen molar-refractivity contribution >= 4 is 11.7 Å². The number of rotatable bonds is 2. The Balaban J connectivity index is 1.57. The number of alkyl halides is 4. The van der Waals surface area contributed by atoms with E-state index < -0.39 is 35.6 Å². The predicted molar refractivity (Wildman–Crippen MR) is 92.3 cm³/mol. The average Bonchev–Trinajstić information content (AvgIpc) is 2.97. The maximum Gasteiger partial charge on any atom is 0.322 e.